The molecular weight excluding hydrogens is 350 g/mol. The van der Waals surface area contributed by atoms with E-state index >= 15 is 0 Å². The number of carbonyl (C=O) groups is 2. The molecule has 0 aliphatic carbocycles. The summed E-state index contributed by atoms with van der Waals surface area (Å²) < 4.78 is 0. The number of imide groups is 1. The minimum atomic E-state index is -0.985. The molecule has 0 spiro atoms. The van der Waals surface area contributed by atoms with Crippen molar-refractivity contribution in [2.45, 2.75) is 12.8 Å². The fourth-order valence-electron chi connectivity index (χ4n) is 3.52. The van der Waals surface area contributed by atoms with Gasteiger partial charge in [-0.1, -0.05) is 11.6 Å². The summed E-state index contributed by atoms with van der Waals surface area (Å²) in [5.41, 5.74) is 0.246. The van der Waals surface area contributed by atoms with Gasteiger partial charge in [-0.05, 0) is 18.9 Å². The standard InChI is InChI=1S/C16H12ClN3O5/c17-12-7-11-13-9(14(12)18-3-1-2-4-18)5-8(20(24)25)6-10(13)15(21)19(23)16(11)22/h5-7,23H,1-4H2. The predicted octanol–water partition coefficient (Wildman–Crippen LogP) is 2.99. The second kappa shape index (κ2) is 5.40. The molecule has 2 aliphatic heterocycles. The lowest BCUT2D eigenvalue weighted by Crippen LogP contribution is -2.37. The fourth-order valence-corrected chi connectivity index (χ4v) is 3.86. The van der Waals surface area contributed by atoms with Gasteiger partial charge in [0.25, 0.3) is 17.5 Å². The van der Waals surface area contributed by atoms with E-state index in [0.717, 1.165) is 32.0 Å². The number of hydrogen-bond acceptors (Lipinski definition) is 6. The van der Waals surface area contributed by atoms with Gasteiger partial charge in [0.15, 0.2) is 0 Å². The molecule has 2 heterocycles. The SMILES string of the molecule is O=C1c2cc([N+](=O)[O-])cc3c(N4CCCC4)c(Cl)cc(c23)C(=O)N1O. The summed E-state index contributed by atoms with van der Waals surface area (Å²) in [4.78, 5) is 37.2. The lowest BCUT2D eigenvalue weighted by atomic mass is 9.92. The maximum Gasteiger partial charge on any atom is 0.285 e. The zero-order valence-corrected chi connectivity index (χ0v) is 13.6. The molecule has 1 saturated heterocycles. The zero-order valence-electron chi connectivity index (χ0n) is 12.9. The molecule has 0 atom stereocenters. The highest BCUT2D eigenvalue weighted by atomic mass is 35.5. The van der Waals surface area contributed by atoms with Crippen LogP contribution in [0, 0.1) is 10.1 Å². The summed E-state index contributed by atoms with van der Waals surface area (Å²) in [7, 11) is 0. The first kappa shape index (κ1) is 15.8. The average molecular weight is 362 g/mol. The molecule has 2 aromatic rings. The number of rotatable bonds is 2. The number of anilines is 1. The first-order valence-corrected chi connectivity index (χ1v) is 8.05. The number of non-ortho nitro benzene ring substituents is 1. The van der Waals surface area contributed by atoms with E-state index in [1.165, 1.54) is 12.1 Å². The van der Waals surface area contributed by atoms with E-state index in [1.807, 2.05) is 4.90 Å². The van der Waals surface area contributed by atoms with Gasteiger partial charge in [0, 0.05) is 36.0 Å². The first-order valence-electron chi connectivity index (χ1n) is 7.67. The van der Waals surface area contributed by atoms with Gasteiger partial charge >= 0.3 is 0 Å². The van der Waals surface area contributed by atoms with Gasteiger partial charge in [-0.2, -0.15) is 0 Å². The summed E-state index contributed by atoms with van der Waals surface area (Å²) in [6.07, 6.45) is 1.92. The van der Waals surface area contributed by atoms with Crippen molar-refractivity contribution in [2.75, 3.05) is 18.0 Å². The van der Waals surface area contributed by atoms with Crippen LogP contribution in [0.25, 0.3) is 10.8 Å². The summed E-state index contributed by atoms with van der Waals surface area (Å²) in [5, 5.41) is 21.9. The third kappa shape index (κ3) is 2.18. The predicted molar refractivity (Wildman–Crippen MR) is 89.3 cm³/mol. The highest BCUT2D eigenvalue weighted by molar-refractivity contribution is 6.37. The number of benzene rings is 2. The second-order valence-corrected chi connectivity index (χ2v) is 6.45. The highest BCUT2D eigenvalue weighted by Crippen LogP contribution is 2.43. The normalized spacial score (nSPS) is 16.9. The first-order chi connectivity index (χ1) is 11.9. The molecule has 128 valence electrons. The van der Waals surface area contributed by atoms with Crippen LogP contribution in [0.3, 0.4) is 0 Å². The molecule has 4 rings (SSSR count). The Morgan fingerprint density at radius 3 is 2.28 bits per heavy atom. The third-order valence-electron chi connectivity index (χ3n) is 4.62. The van der Waals surface area contributed by atoms with Crippen LogP contribution in [0.5, 0.6) is 0 Å². The lowest BCUT2D eigenvalue weighted by molar-refractivity contribution is -0.384. The number of amides is 2. The van der Waals surface area contributed by atoms with E-state index in [0.29, 0.717) is 11.1 Å². The van der Waals surface area contributed by atoms with Gasteiger partial charge in [-0.3, -0.25) is 24.9 Å². The van der Waals surface area contributed by atoms with E-state index < -0.39 is 16.7 Å². The molecule has 1 N–H and O–H groups in total. The van der Waals surface area contributed by atoms with Gasteiger partial charge in [-0.25, -0.2) is 0 Å². The molecule has 1 fully saturated rings. The molecule has 9 heteroatoms. The minimum absolute atomic E-state index is 0.0350. The van der Waals surface area contributed by atoms with Crippen LogP contribution in [-0.2, 0) is 0 Å². The van der Waals surface area contributed by atoms with Crippen LogP contribution in [0.1, 0.15) is 33.6 Å². The molecule has 0 bridgehead atoms. The van der Waals surface area contributed by atoms with Crippen molar-refractivity contribution in [3.05, 3.63) is 44.5 Å². The maximum atomic E-state index is 12.3. The fraction of sp³-hybridized carbons (Fsp3) is 0.250. The van der Waals surface area contributed by atoms with E-state index in [4.69, 9.17) is 11.6 Å². The summed E-state index contributed by atoms with van der Waals surface area (Å²) in [5.74, 6) is -1.88. The van der Waals surface area contributed by atoms with E-state index in [9.17, 15) is 24.9 Å². The van der Waals surface area contributed by atoms with Crippen molar-refractivity contribution >= 4 is 45.6 Å². The average Bonchev–Trinajstić information content (AvgIpc) is 3.10. The van der Waals surface area contributed by atoms with Crippen LogP contribution >= 0.6 is 11.6 Å². The Hall–Kier alpha value is -2.71. The number of hydroxylamine groups is 2. The molecule has 0 aromatic heterocycles. The van der Waals surface area contributed by atoms with Crippen molar-refractivity contribution in [1.29, 1.82) is 0 Å². The summed E-state index contributed by atoms with van der Waals surface area (Å²) >= 11 is 6.38. The quantitative estimate of drug-likeness (QED) is 0.381. The van der Waals surface area contributed by atoms with Gasteiger partial charge in [0.2, 0.25) is 0 Å². The maximum absolute atomic E-state index is 12.3. The molecule has 25 heavy (non-hydrogen) atoms. The van der Waals surface area contributed by atoms with E-state index in [1.54, 1.807) is 0 Å². The minimum Gasteiger partial charge on any atom is -0.370 e. The Balaban J connectivity index is 2.15. The Kier molecular flexibility index (Phi) is 3.41. The van der Waals surface area contributed by atoms with Crippen molar-refractivity contribution in [3.8, 4) is 0 Å². The Morgan fingerprint density at radius 2 is 1.68 bits per heavy atom. The van der Waals surface area contributed by atoms with Crippen molar-refractivity contribution in [1.82, 2.24) is 5.06 Å². The Labute approximate surface area is 146 Å². The number of halogens is 1. The summed E-state index contributed by atoms with van der Waals surface area (Å²) in [6.45, 7) is 1.47. The van der Waals surface area contributed by atoms with Crippen LogP contribution in [0.4, 0.5) is 11.4 Å². The number of carbonyl (C=O) groups excluding carboxylic acids is 2. The van der Waals surface area contributed by atoms with Crippen molar-refractivity contribution in [2.24, 2.45) is 0 Å². The van der Waals surface area contributed by atoms with Crippen molar-refractivity contribution in [3.63, 3.8) is 0 Å². The highest BCUT2D eigenvalue weighted by Gasteiger charge is 2.36. The van der Waals surface area contributed by atoms with Crippen molar-refractivity contribution < 1.29 is 19.7 Å². The Morgan fingerprint density at radius 1 is 1.08 bits per heavy atom. The molecule has 2 aromatic carbocycles. The van der Waals surface area contributed by atoms with Gasteiger partial charge in [0.1, 0.15) is 0 Å². The van der Waals surface area contributed by atoms with Crippen LogP contribution in [-0.4, -0.2) is 40.1 Å². The largest absolute Gasteiger partial charge is 0.370 e. The molecule has 0 unspecified atom stereocenters. The molecular formula is C16H12ClN3O5. The van der Waals surface area contributed by atoms with E-state index in [2.05, 4.69) is 0 Å². The number of nitro groups is 1. The van der Waals surface area contributed by atoms with Crippen LogP contribution in [0.2, 0.25) is 5.02 Å². The molecule has 2 aliphatic rings. The molecule has 2 amide bonds. The van der Waals surface area contributed by atoms with Crippen LogP contribution in [0.15, 0.2) is 18.2 Å². The van der Waals surface area contributed by atoms with Gasteiger partial charge < -0.3 is 4.90 Å². The second-order valence-electron chi connectivity index (χ2n) is 6.04. The number of nitro benzene ring substituents is 1. The third-order valence-corrected chi connectivity index (χ3v) is 4.91. The van der Waals surface area contributed by atoms with E-state index in [-0.39, 0.29) is 32.3 Å². The van der Waals surface area contributed by atoms with Gasteiger partial charge in [0.05, 0.1) is 26.8 Å². The monoisotopic (exact) mass is 361 g/mol. The number of nitrogens with zero attached hydrogens (tertiary/aromatic N) is 3. The molecule has 0 radical (unpaired) electrons. The van der Waals surface area contributed by atoms with Gasteiger partial charge in [-0.15, -0.1) is 5.06 Å². The molecule has 0 saturated carbocycles. The molecule has 8 nitrogen and oxygen atoms in total. The Bertz CT molecular complexity index is 968. The zero-order chi connectivity index (χ0) is 17.9. The lowest BCUT2D eigenvalue weighted by Gasteiger charge is -2.27. The summed E-state index contributed by atoms with van der Waals surface area (Å²) in [6, 6.07) is 3.81. The topological polar surface area (TPSA) is 104 Å². The number of hydrogen-bond donors (Lipinski definition) is 1. The smallest absolute Gasteiger partial charge is 0.285 e. The van der Waals surface area contributed by atoms with Crippen LogP contribution < -0.4 is 4.90 Å².